The van der Waals surface area contributed by atoms with Gasteiger partial charge in [0.15, 0.2) is 11.6 Å². The van der Waals surface area contributed by atoms with Gasteiger partial charge in [-0.3, -0.25) is 4.98 Å². The van der Waals surface area contributed by atoms with E-state index in [4.69, 9.17) is 0 Å². The summed E-state index contributed by atoms with van der Waals surface area (Å²) in [4.78, 5) is 18.4. The summed E-state index contributed by atoms with van der Waals surface area (Å²) in [5.74, 6) is 1.66. The van der Waals surface area contributed by atoms with Crippen LogP contribution in [-0.4, -0.2) is 37.2 Å². The minimum atomic E-state index is -0.0928. The average molecular weight is 348 g/mol. The predicted octanol–water partition coefficient (Wildman–Crippen LogP) is 2.63. The van der Waals surface area contributed by atoms with E-state index in [-0.39, 0.29) is 12.1 Å². The standard InChI is InChI=1S/C19H20N6O/c1-14(15-7-9-20-10-8-15)21-19(26)24-11-12-25-17(13-24)22-23-18(25)16-5-3-2-4-6-16/h2-10,14H,11-13H2,1H3,(H,21,26)/t14-/m0/s1. The number of nitrogens with zero attached hydrogens (tertiary/aromatic N) is 5. The average Bonchev–Trinajstić information content (AvgIpc) is 3.12. The van der Waals surface area contributed by atoms with Crippen LogP contribution in [-0.2, 0) is 13.1 Å². The third kappa shape index (κ3) is 3.15. The van der Waals surface area contributed by atoms with Crippen molar-refractivity contribution in [2.45, 2.75) is 26.1 Å². The maximum atomic E-state index is 12.6. The van der Waals surface area contributed by atoms with Crippen LogP contribution in [0.3, 0.4) is 0 Å². The second-order valence-corrected chi connectivity index (χ2v) is 6.33. The molecule has 3 aromatic rings. The quantitative estimate of drug-likeness (QED) is 0.789. The third-order valence-electron chi connectivity index (χ3n) is 4.62. The number of benzene rings is 1. The largest absolute Gasteiger partial charge is 0.331 e. The van der Waals surface area contributed by atoms with Crippen molar-refractivity contribution in [1.29, 1.82) is 0 Å². The van der Waals surface area contributed by atoms with Crippen molar-refractivity contribution in [1.82, 2.24) is 30.0 Å². The van der Waals surface area contributed by atoms with Gasteiger partial charge >= 0.3 is 6.03 Å². The SMILES string of the molecule is C[C@H](NC(=O)N1CCn2c(nnc2-c2ccccc2)C1)c1ccncc1. The highest BCUT2D eigenvalue weighted by Crippen LogP contribution is 2.21. The molecule has 4 rings (SSSR count). The van der Waals surface area contributed by atoms with Crippen molar-refractivity contribution < 1.29 is 4.79 Å². The zero-order chi connectivity index (χ0) is 17.9. The third-order valence-corrected chi connectivity index (χ3v) is 4.62. The Balaban J connectivity index is 1.46. The Morgan fingerprint density at radius 3 is 2.62 bits per heavy atom. The Hall–Kier alpha value is -3.22. The van der Waals surface area contributed by atoms with Crippen LogP contribution in [0.5, 0.6) is 0 Å². The number of aromatic nitrogens is 4. The van der Waals surface area contributed by atoms with E-state index in [0.717, 1.165) is 22.8 Å². The van der Waals surface area contributed by atoms with Gasteiger partial charge in [0.1, 0.15) is 0 Å². The molecule has 0 fully saturated rings. The molecule has 3 heterocycles. The van der Waals surface area contributed by atoms with E-state index in [0.29, 0.717) is 19.6 Å². The van der Waals surface area contributed by atoms with E-state index in [2.05, 4.69) is 25.1 Å². The van der Waals surface area contributed by atoms with Gasteiger partial charge in [0.25, 0.3) is 0 Å². The number of hydrogen-bond acceptors (Lipinski definition) is 4. The molecule has 1 N–H and O–H groups in total. The summed E-state index contributed by atoms with van der Waals surface area (Å²) < 4.78 is 2.09. The van der Waals surface area contributed by atoms with Gasteiger partial charge in [0.2, 0.25) is 0 Å². The van der Waals surface area contributed by atoms with Crippen LogP contribution in [0.2, 0.25) is 0 Å². The van der Waals surface area contributed by atoms with E-state index in [1.54, 1.807) is 17.3 Å². The van der Waals surface area contributed by atoms with E-state index in [1.165, 1.54) is 0 Å². The van der Waals surface area contributed by atoms with Crippen molar-refractivity contribution in [3.05, 3.63) is 66.2 Å². The summed E-state index contributed by atoms with van der Waals surface area (Å²) in [6, 6.07) is 13.6. The molecule has 1 aliphatic heterocycles. The first-order chi connectivity index (χ1) is 12.7. The van der Waals surface area contributed by atoms with Crippen molar-refractivity contribution in [3.8, 4) is 11.4 Å². The Labute approximate surface area is 151 Å². The zero-order valence-electron chi connectivity index (χ0n) is 14.5. The van der Waals surface area contributed by atoms with Crippen LogP contribution < -0.4 is 5.32 Å². The number of hydrogen-bond donors (Lipinski definition) is 1. The van der Waals surface area contributed by atoms with Crippen molar-refractivity contribution in [2.75, 3.05) is 6.54 Å². The van der Waals surface area contributed by atoms with Gasteiger partial charge in [-0.05, 0) is 24.6 Å². The minimum absolute atomic E-state index is 0.0785. The molecule has 0 aliphatic carbocycles. The van der Waals surface area contributed by atoms with E-state index >= 15 is 0 Å². The highest BCUT2D eigenvalue weighted by molar-refractivity contribution is 5.74. The van der Waals surface area contributed by atoms with Gasteiger partial charge in [-0.15, -0.1) is 10.2 Å². The van der Waals surface area contributed by atoms with Crippen molar-refractivity contribution in [2.24, 2.45) is 0 Å². The molecular formula is C19H20N6O. The van der Waals surface area contributed by atoms with E-state index in [9.17, 15) is 4.79 Å². The summed E-state index contributed by atoms with van der Waals surface area (Å²) in [5, 5.41) is 11.6. The molecule has 0 saturated heterocycles. The summed E-state index contributed by atoms with van der Waals surface area (Å²) in [6.07, 6.45) is 3.46. The molecule has 7 nitrogen and oxygen atoms in total. The molecule has 0 bridgehead atoms. The number of urea groups is 1. The normalized spacial score (nSPS) is 14.6. The lowest BCUT2D eigenvalue weighted by Crippen LogP contribution is -2.45. The lowest BCUT2D eigenvalue weighted by atomic mass is 10.1. The Morgan fingerprint density at radius 1 is 1.08 bits per heavy atom. The van der Waals surface area contributed by atoms with Crippen molar-refractivity contribution in [3.63, 3.8) is 0 Å². The molecule has 0 spiro atoms. The number of fused-ring (bicyclic) bond motifs is 1. The molecule has 2 amide bonds. The van der Waals surface area contributed by atoms with E-state index < -0.39 is 0 Å². The van der Waals surface area contributed by atoms with Crippen LogP contribution in [0, 0.1) is 0 Å². The number of rotatable bonds is 3. The molecule has 1 aromatic carbocycles. The minimum Gasteiger partial charge on any atom is -0.331 e. The molecule has 2 aromatic heterocycles. The summed E-state index contributed by atoms with van der Waals surface area (Å²) >= 11 is 0. The van der Waals surface area contributed by atoms with Crippen LogP contribution in [0.4, 0.5) is 4.79 Å². The van der Waals surface area contributed by atoms with Crippen LogP contribution >= 0.6 is 0 Å². The molecule has 1 atom stereocenters. The van der Waals surface area contributed by atoms with Gasteiger partial charge in [0.05, 0.1) is 12.6 Å². The molecule has 0 saturated carbocycles. The van der Waals surface area contributed by atoms with Gasteiger partial charge in [-0.25, -0.2) is 4.79 Å². The first-order valence-corrected chi connectivity index (χ1v) is 8.65. The lowest BCUT2D eigenvalue weighted by Gasteiger charge is -2.29. The first-order valence-electron chi connectivity index (χ1n) is 8.65. The fourth-order valence-electron chi connectivity index (χ4n) is 3.14. The fourth-order valence-corrected chi connectivity index (χ4v) is 3.14. The number of amides is 2. The Kier molecular flexibility index (Phi) is 4.35. The van der Waals surface area contributed by atoms with Crippen LogP contribution in [0.15, 0.2) is 54.9 Å². The van der Waals surface area contributed by atoms with Crippen molar-refractivity contribution >= 4 is 6.03 Å². The second-order valence-electron chi connectivity index (χ2n) is 6.33. The summed E-state index contributed by atoms with van der Waals surface area (Å²) in [5.41, 5.74) is 2.07. The first kappa shape index (κ1) is 16.3. The van der Waals surface area contributed by atoms with E-state index in [1.807, 2.05) is 49.4 Å². The molecule has 132 valence electrons. The predicted molar refractivity (Wildman–Crippen MR) is 97.1 cm³/mol. The number of carbonyl (C=O) groups is 1. The van der Waals surface area contributed by atoms with Gasteiger partial charge < -0.3 is 14.8 Å². The maximum Gasteiger partial charge on any atom is 0.318 e. The lowest BCUT2D eigenvalue weighted by molar-refractivity contribution is 0.179. The van der Waals surface area contributed by atoms with Gasteiger partial charge in [-0.2, -0.15) is 0 Å². The molecule has 26 heavy (non-hydrogen) atoms. The maximum absolute atomic E-state index is 12.6. The fraction of sp³-hybridized carbons (Fsp3) is 0.263. The number of carbonyl (C=O) groups excluding carboxylic acids is 1. The molecular weight excluding hydrogens is 328 g/mol. The van der Waals surface area contributed by atoms with Gasteiger partial charge in [-0.1, -0.05) is 30.3 Å². The summed E-state index contributed by atoms with van der Waals surface area (Å²) in [6.45, 7) is 3.73. The summed E-state index contributed by atoms with van der Waals surface area (Å²) in [7, 11) is 0. The highest BCUT2D eigenvalue weighted by Gasteiger charge is 2.25. The Bertz CT molecular complexity index is 893. The van der Waals surface area contributed by atoms with Gasteiger partial charge in [0, 0.05) is 31.0 Å². The molecule has 7 heteroatoms. The monoisotopic (exact) mass is 348 g/mol. The smallest absolute Gasteiger partial charge is 0.318 e. The Morgan fingerprint density at radius 2 is 1.85 bits per heavy atom. The molecule has 0 radical (unpaired) electrons. The topological polar surface area (TPSA) is 75.9 Å². The number of pyridine rings is 1. The second kappa shape index (κ2) is 6.95. The van der Waals surface area contributed by atoms with Crippen LogP contribution in [0.1, 0.15) is 24.4 Å². The molecule has 1 aliphatic rings. The molecule has 0 unspecified atom stereocenters. The highest BCUT2D eigenvalue weighted by atomic mass is 16.2. The number of nitrogens with one attached hydrogen (secondary N) is 1. The zero-order valence-corrected chi connectivity index (χ0v) is 14.5. The van der Waals surface area contributed by atoms with Crippen LogP contribution in [0.25, 0.3) is 11.4 Å².